The lowest BCUT2D eigenvalue weighted by Gasteiger charge is -2.22. The molecular weight excluding hydrogens is 330 g/mol. The second-order valence-corrected chi connectivity index (χ2v) is 5.94. The summed E-state index contributed by atoms with van der Waals surface area (Å²) in [7, 11) is 3.24. The molecule has 0 saturated heterocycles. The summed E-state index contributed by atoms with van der Waals surface area (Å²) in [4.78, 5) is 12.7. The SMILES string of the molecule is CCC(Oc1cccc(OC)c1)C(=O)NC(CC)c1ccc(OC)cc1. The molecule has 0 heterocycles. The van der Waals surface area contributed by atoms with Crippen molar-refractivity contribution >= 4 is 5.91 Å². The van der Waals surface area contributed by atoms with Crippen LogP contribution >= 0.6 is 0 Å². The highest BCUT2D eigenvalue weighted by atomic mass is 16.5. The average Bonchev–Trinajstić information content (AvgIpc) is 2.70. The molecule has 0 aliphatic carbocycles. The summed E-state index contributed by atoms with van der Waals surface area (Å²) in [5.41, 5.74) is 1.04. The Bertz CT molecular complexity index is 699. The first kappa shape index (κ1) is 19.6. The first-order valence-electron chi connectivity index (χ1n) is 8.86. The Balaban J connectivity index is 2.05. The predicted octanol–water partition coefficient (Wildman–Crippen LogP) is 4.13. The molecule has 5 heteroatoms. The van der Waals surface area contributed by atoms with Gasteiger partial charge in [-0.1, -0.05) is 32.0 Å². The number of rotatable bonds is 9. The molecule has 1 N–H and O–H groups in total. The lowest BCUT2D eigenvalue weighted by molar-refractivity contribution is -0.128. The van der Waals surface area contributed by atoms with Crippen molar-refractivity contribution in [3.8, 4) is 17.2 Å². The molecule has 0 spiro atoms. The third kappa shape index (κ3) is 5.15. The minimum atomic E-state index is -0.561. The zero-order valence-corrected chi connectivity index (χ0v) is 15.8. The van der Waals surface area contributed by atoms with E-state index in [-0.39, 0.29) is 11.9 Å². The number of nitrogens with one attached hydrogen (secondary N) is 1. The van der Waals surface area contributed by atoms with Gasteiger partial charge in [-0.05, 0) is 42.7 Å². The van der Waals surface area contributed by atoms with Gasteiger partial charge in [-0.25, -0.2) is 0 Å². The minimum absolute atomic E-state index is 0.0728. The molecule has 140 valence electrons. The van der Waals surface area contributed by atoms with E-state index < -0.39 is 6.10 Å². The fraction of sp³-hybridized carbons (Fsp3) is 0.381. The summed E-state index contributed by atoms with van der Waals surface area (Å²) in [6.07, 6.45) is 0.796. The van der Waals surface area contributed by atoms with Gasteiger partial charge < -0.3 is 19.5 Å². The molecule has 2 unspecified atom stereocenters. The van der Waals surface area contributed by atoms with E-state index in [1.54, 1.807) is 20.3 Å². The fourth-order valence-corrected chi connectivity index (χ4v) is 2.68. The number of hydrogen-bond acceptors (Lipinski definition) is 4. The molecule has 1 amide bonds. The molecule has 26 heavy (non-hydrogen) atoms. The number of carbonyl (C=O) groups excluding carboxylic acids is 1. The van der Waals surface area contributed by atoms with Crippen LogP contribution in [0, 0.1) is 0 Å². The maximum Gasteiger partial charge on any atom is 0.261 e. The van der Waals surface area contributed by atoms with Gasteiger partial charge in [-0.15, -0.1) is 0 Å². The molecule has 2 aromatic rings. The number of ether oxygens (including phenoxy) is 3. The van der Waals surface area contributed by atoms with Gasteiger partial charge in [0, 0.05) is 6.07 Å². The molecular formula is C21H27NO4. The standard InChI is InChI=1S/C21H27NO4/c1-5-19(15-10-12-16(24-3)13-11-15)22-21(23)20(6-2)26-18-9-7-8-17(14-18)25-4/h7-14,19-20H,5-6H2,1-4H3,(H,22,23). The fourth-order valence-electron chi connectivity index (χ4n) is 2.68. The van der Waals surface area contributed by atoms with Crippen LogP contribution in [0.4, 0.5) is 0 Å². The van der Waals surface area contributed by atoms with Gasteiger partial charge in [0.25, 0.3) is 5.91 Å². The van der Waals surface area contributed by atoms with Crippen molar-refractivity contribution in [1.82, 2.24) is 5.32 Å². The molecule has 0 fully saturated rings. The van der Waals surface area contributed by atoms with E-state index in [0.29, 0.717) is 17.9 Å². The lowest BCUT2D eigenvalue weighted by Crippen LogP contribution is -2.39. The average molecular weight is 357 g/mol. The molecule has 2 rings (SSSR count). The van der Waals surface area contributed by atoms with Crippen molar-refractivity contribution in [3.05, 3.63) is 54.1 Å². The molecule has 0 saturated carbocycles. The van der Waals surface area contributed by atoms with Gasteiger partial charge in [0.05, 0.1) is 20.3 Å². The molecule has 0 aliphatic rings. The van der Waals surface area contributed by atoms with E-state index >= 15 is 0 Å². The number of hydrogen-bond donors (Lipinski definition) is 1. The van der Waals surface area contributed by atoms with E-state index in [0.717, 1.165) is 17.7 Å². The maximum atomic E-state index is 12.7. The molecule has 0 radical (unpaired) electrons. The van der Waals surface area contributed by atoms with Crippen molar-refractivity contribution < 1.29 is 19.0 Å². The van der Waals surface area contributed by atoms with Crippen LogP contribution in [0.1, 0.15) is 38.3 Å². The van der Waals surface area contributed by atoms with Crippen molar-refractivity contribution in [1.29, 1.82) is 0 Å². The number of carbonyl (C=O) groups is 1. The summed E-state index contributed by atoms with van der Waals surface area (Å²) in [5.74, 6) is 1.98. The molecule has 2 atom stereocenters. The summed E-state index contributed by atoms with van der Waals surface area (Å²) in [5, 5.41) is 3.08. The Hall–Kier alpha value is -2.69. The molecule has 0 aliphatic heterocycles. The Labute approximate surface area is 155 Å². The minimum Gasteiger partial charge on any atom is -0.497 e. The van der Waals surface area contributed by atoms with Gasteiger partial charge in [-0.3, -0.25) is 4.79 Å². The van der Waals surface area contributed by atoms with Crippen LogP contribution in [0.5, 0.6) is 17.2 Å². The second-order valence-electron chi connectivity index (χ2n) is 5.94. The summed E-state index contributed by atoms with van der Waals surface area (Å²) >= 11 is 0. The van der Waals surface area contributed by atoms with Gasteiger partial charge >= 0.3 is 0 Å². The van der Waals surface area contributed by atoms with Gasteiger partial charge in [0.2, 0.25) is 0 Å². The van der Waals surface area contributed by atoms with Crippen molar-refractivity contribution in [3.63, 3.8) is 0 Å². The Kier molecular flexibility index (Phi) is 7.33. The normalized spacial score (nSPS) is 12.8. The zero-order chi connectivity index (χ0) is 18.9. The molecule has 5 nitrogen and oxygen atoms in total. The monoisotopic (exact) mass is 357 g/mol. The predicted molar refractivity (Wildman–Crippen MR) is 102 cm³/mol. The van der Waals surface area contributed by atoms with E-state index in [1.165, 1.54) is 0 Å². The highest BCUT2D eigenvalue weighted by Crippen LogP contribution is 2.23. The Morgan fingerprint density at radius 1 is 0.923 bits per heavy atom. The highest BCUT2D eigenvalue weighted by molar-refractivity contribution is 5.81. The van der Waals surface area contributed by atoms with Crippen LogP contribution in [0.25, 0.3) is 0 Å². The van der Waals surface area contributed by atoms with Crippen molar-refractivity contribution in [2.75, 3.05) is 14.2 Å². The van der Waals surface area contributed by atoms with Crippen LogP contribution in [0.2, 0.25) is 0 Å². The quantitative estimate of drug-likeness (QED) is 0.733. The van der Waals surface area contributed by atoms with Crippen molar-refractivity contribution in [2.24, 2.45) is 0 Å². The molecule has 2 aromatic carbocycles. The van der Waals surface area contributed by atoms with Crippen LogP contribution in [0.3, 0.4) is 0 Å². The van der Waals surface area contributed by atoms with Gasteiger partial charge in [-0.2, -0.15) is 0 Å². The summed E-state index contributed by atoms with van der Waals surface area (Å²) in [6.45, 7) is 3.97. The number of benzene rings is 2. The van der Waals surface area contributed by atoms with Crippen LogP contribution in [-0.4, -0.2) is 26.2 Å². The highest BCUT2D eigenvalue weighted by Gasteiger charge is 2.22. The molecule has 0 bridgehead atoms. The van der Waals surface area contributed by atoms with E-state index in [4.69, 9.17) is 14.2 Å². The summed E-state index contributed by atoms with van der Waals surface area (Å²) < 4.78 is 16.3. The van der Waals surface area contributed by atoms with Crippen LogP contribution < -0.4 is 19.5 Å². The largest absolute Gasteiger partial charge is 0.497 e. The first-order chi connectivity index (χ1) is 12.6. The Morgan fingerprint density at radius 3 is 2.15 bits per heavy atom. The topological polar surface area (TPSA) is 56.8 Å². The van der Waals surface area contributed by atoms with Crippen molar-refractivity contribution in [2.45, 2.75) is 38.8 Å². The van der Waals surface area contributed by atoms with Crippen LogP contribution in [-0.2, 0) is 4.79 Å². The third-order valence-electron chi connectivity index (χ3n) is 4.23. The van der Waals surface area contributed by atoms with E-state index in [9.17, 15) is 4.79 Å². The van der Waals surface area contributed by atoms with Gasteiger partial charge in [0.15, 0.2) is 6.10 Å². The summed E-state index contributed by atoms with van der Waals surface area (Å²) in [6, 6.07) is 14.9. The third-order valence-corrected chi connectivity index (χ3v) is 4.23. The van der Waals surface area contributed by atoms with Gasteiger partial charge in [0.1, 0.15) is 17.2 Å². The second kappa shape index (κ2) is 9.70. The Morgan fingerprint density at radius 2 is 1.58 bits per heavy atom. The first-order valence-corrected chi connectivity index (χ1v) is 8.86. The van der Waals surface area contributed by atoms with E-state index in [1.807, 2.05) is 56.3 Å². The van der Waals surface area contributed by atoms with Crippen LogP contribution in [0.15, 0.2) is 48.5 Å². The number of methoxy groups -OCH3 is 2. The lowest BCUT2D eigenvalue weighted by atomic mass is 10.0. The maximum absolute atomic E-state index is 12.7. The molecule has 0 aromatic heterocycles. The zero-order valence-electron chi connectivity index (χ0n) is 15.8. The van der Waals surface area contributed by atoms with E-state index in [2.05, 4.69) is 5.32 Å². The smallest absolute Gasteiger partial charge is 0.261 e. The number of amides is 1.